The minimum absolute atomic E-state index is 0.200. The largest absolute Gasteiger partial charge is 0.481 e. The molecule has 1 aromatic carbocycles. The fourth-order valence-corrected chi connectivity index (χ4v) is 2.82. The molecule has 6 nitrogen and oxygen atoms in total. The van der Waals surface area contributed by atoms with Crippen molar-refractivity contribution in [1.82, 2.24) is 5.32 Å². The Morgan fingerprint density at radius 3 is 2.70 bits per heavy atom. The van der Waals surface area contributed by atoms with E-state index in [2.05, 4.69) is 10.6 Å². The first-order valence-electron chi connectivity index (χ1n) is 7.77. The molecule has 1 aliphatic rings. The van der Waals surface area contributed by atoms with Crippen LogP contribution in [0.2, 0.25) is 0 Å². The van der Waals surface area contributed by atoms with Gasteiger partial charge in [0.05, 0.1) is 6.42 Å². The Morgan fingerprint density at radius 1 is 1.35 bits per heavy atom. The summed E-state index contributed by atoms with van der Waals surface area (Å²) < 4.78 is 0. The molecule has 1 heterocycles. The number of hydrogen-bond donors (Lipinski definition) is 3. The highest BCUT2D eigenvalue weighted by molar-refractivity contribution is 6.00. The van der Waals surface area contributed by atoms with Gasteiger partial charge < -0.3 is 15.7 Å². The Balaban J connectivity index is 2.06. The molecule has 2 atom stereocenters. The number of para-hydroxylation sites is 1. The highest BCUT2D eigenvalue weighted by Crippen LogP contribution is 2.23. The number of rotatable bonds is 6. The van der Waals surface area contributed by atoms with E-state index >= 15 is 0 Å². The van der Waals surface area contributed by atoms with E-state index in [1.54, 1.807) is 0 Å². The van der Waals surface area contributed by atoms with E-state index in [0.29, 0.717) is 12.8 Å². The first-order valence-corrected chi connectivity index (χ1v) is 7.77. The van der Waals surface area contributed by atoms with Gasteiger partial charge in [-0.3, -0.25) is 14.4 Å². The molecule has 0 saturated carbocycles. The summed E-state index contributed by atoms with van der Waals surface area (Å²) in [6.45, 7) is 3.87. The molecule has 3 N–H and O–H groups in total. The van der Waals surface area contributed by atoms with Crippen LogP contribution in [0.4, 0.5) is 5.69 Å². The first-order chi connectivity index (χ1) is 10.9. The van der Waals surface area contributed by atoms with Crippen LogP contribution in [0.5, 0.6) is 0 Å². The average Bonchev–Trinajstić information content (AvgIpc) is 2.46. The lowest BCUT2D eigenvalue weighted by molar-refractivity contribution is -0.141. The van der Waals surface area contributed by atoms with Crippen molar-refractivity contribution in [2.24, 2.45) is 11.8 Å². The van der Waals surface area contributed by atoms with Gasteiger partial charge in [0.2, 0.25) is 11.8 Å². The van der Waals surface area contributed by atoms with Crippen LogP contribution in [0.25, 0.3) is 0 Å². The minimum Gasteiger partial charge on any atom is -0.481 e. The molecule has 2 amide bonds. The van der Waals surface area contributed by atoms with E-state index in [1.807, 2.05) is 38.1 Å². The molecule has 2 rings (SSSR count). The third-order valence-electron chi connectivity index (χ3n) is 3.88. The number of nitrogens with one attached hydrogen (secondary N) is 2. The first kappa shape index (κ1) is 17.0. The summed E-state index contributed by atoms with van der Waals surface area (Å²) in [5, 5.41) is 14.4. The Labute approximate surface area is 135 Å². The number of benzene rings is 1. The minimum atomic E-state index is -1.01. The van der Waals surface area contributed by atoms with Crippen molar-refractivity contribution in [3.05, 3.63) is 29.8 Å². The van der Waals surface area contributed by atoms with Gasteiger partial charge in [-0.2, -0.15) is 0 Å². The van der Waals surface area contributed by atoms with Crippen LogP contribution in [-0.4, -0.2) is 28.9 Å². The fraction of sp³-hybridized carbons (Fsp3) is 0.471. The van der Waals surface area contributed by atoms with Crippen molar-refractivity contribution in [2.45, 2.75) is 39.2 Å². The Morgan fingerprint density at radius 2 is 2.04 bits per heavy atom. The number of carboxylic acids is 1. The monoisotopic (exact) mass is 318 g/mol. The predicted molar refractivity (Wildman–Crippen MR) is 85.9 cm³/mol. The molecule has 1 aliphatic heterocycles. The standard InChI is InChI=1S/C17H22N2O4/c1-10(2)7-12(9-15(20)21)16(22)19-14-8-11-5-3-4-6-13(11)18-17(14)23/h3-6,10,12,14H,7-9H2,1-2H3,(H,18,23)(H,19,22)(H,20,21)/t12-,14+/m1/s1. The maximum atomic E-state index is 12.4. The normalized spacial score (nSPS) is 18.0. The van der Waals surface area contributed by atoms with Crippen molar-refractivity contribution >= 4 is 23.5 Å². The van der Waals surface area contributed by atoms with Crippen molar-refractivity contribution < 1.29 is 19.5 Å². The quantitative estimate of drug-likeness (QED) is 0.745. The Bertz CT molecular complexity index is 612. The smallest absolute Gasteiger partial charge is 0.304 e. The Hall–Kier alpha value is -2.37. The van der Waals surface area contributed by atoms with Crippen LogP contribution >= 0.6 is 0 Å². The van der Waals surface area contributed by atoms with Gasteiger partial charge >= 0.3 is 5.97 Å². The maximum Gasteiger partial charge on any atom is 0.304 e. The van der Waals surface area contributed by atoms with Gasteiger partial charge in [0.1, 0.15) is 6.04 Å². The van der Waals surface area contributed by atoms with Gasteiger partial charge in [-0.15, -0.1) is 0 Å². The van der Waals surface area contributed by atoms with Crippen LogP contribution in [0.15, 0.2) is 24.3 Å². The van der Waals surface area contributed by atoms with Gasteiger partial charge in [-0.1, -0.05) is 32.0 Å². The molecule has 6 heteroatoms. The fourth-order valence-electron chi connectivity index (χ4n) is 2.82. The average molecular weight is 318 g/mol. The SMILES string of the molecule is CC(C)C[C@H](CC(=O)O)C(=O)N[C@H]1Cc2ccccc2NC1=O. The molecule has 0 spiro atoms. The van der Waals surface area contributed by atoms with Crippen LogP contribution < -0.4 is 10.6 Å². The molecular formula is C17H22N2O4. The summed E-state index contributed by atoms with van der Waals surface area (Å²) >= 11 is 0. The lowest BCUT2D eigenvalue weighted by Crippen LogP contribution is -2.49. The van der Waals surface area contributed by atoms with Crippen molar-refractivity contribution in [2.75, 3.05) is 5.32 Å². The predicted octanol–water partition coefficient (Wildman–Crippen LogP) is 1.80. The molecule has 0 aliphatic carbocycles. The third-order valence-corrected chi connectivity index (χ3v) is 3.88. The number of amides is 2. The summed E-state index contributed by atoms with van der Waals surface area (Å²) in [5.41, 5.74) is 1.71. The molecule has 0 aromatic heterocycles. The summed E-state index contributed by atoms with van der Waals surface area (Å²) in [7, 11) is 0. The van der Waals surface area contributed by atoms with E-state index in [4.69, 9.17) is 5.11 Å². The van der Waals surface area contributed by atoms with Crippen LogP contribution in [0, 0.1) is 11.8 Å². The van der Waals surface area contributed by atoms with Gasteiger partial charge in [0.15, 0.2) is 0 Å². The second kappa shape index (κ2) is 7.26. The molecule has 0 fully saturated rings. The van der Waals surface area contributed by atoms with Crippen molar-refractivity contribution in [3.8, 4) is 0 Å². The number of carbonyl (C=O) groups is 3. The van der Waals surface area contributed by atoms with Gasteiger partial charge in [-0.05, 0) is 24.0 Å². The summed E-state index contributed by atoms with van der Waals surface area (Å²) in [5.74, 6) is -2.08. The molecule has 124 valence electrons. The summed E-state index contributed by atoms with van der Waals surface area (Å²) in [6.07, 6.45) is 0.660. The van der Waals surface area contributed by atoms with E-state index in [0.717, 1.165) is 11.3 Å². The Kier molecular flexibility index (Phi) is 5.36. The van der Waals surface area contributed by atoms with E-state index in [1.165, 1.54) is 0 Å². The molecular weight excluding hydrogens is 296 g/mol. The molecule has 0 bridgehead atoms. The number of anilines is 1. The molecule has 1 aromatic rings. The molecule has 0 unspecified atom stereocenters. The maximum absolute atomic E-state index is 12.4. The highest BCUT2D eigenvalue weighted by Gasteiger charge is 2.30. The number of carbonyl (C=O) groups excluding carboxylic acids is 2. The van der Waals surface area contributed by atoms with Gasteiger partial charge in [0, 0.05) is 18.0 Å². The lowest BCUT2D eigenvalue weighted by atomic mass is 9.92. The van der Waals surface area contributed by atoms with Gasteiger partial charge in [0.25, 0.3) is 0 Å². The third kappa shape index (κ3) is 4.55. The van der Waals surface area contributed by atoms with Gasteiger partial charge in [-0.25, -0.2) is 0 Å². The zero-order chi connectivity index (χ0) is 17.0. The lowest BCUT2D eigenvalue weighted by Gasteiger charge is -2.27. The van der Waals surface area contributed by atoms with Crippen LogP contribution in [0.3, 0.4) is 0 Å². The molecule has 0 radical (unpaired) electrons. The van der Waals surface area contributed by atoms with Crippen LogP contribution in [-0.2, 0) is 20.8 Å². The molecule has 23 heavy (non-hydrogen) atoms. The number of hydrogen-bond acceptors (Lipinski definition) is 3. The van der Waals surface area contributed by atoms with Crippen molar-refractivity contribution in [1.29, 1.82) is 0 Å². The van der Waals surface area contributed by atoms with E-state index in [9.17, 15) is 14.4 Å². The number of fused-ring (bicyclic) bond motifs is 1. The molecule has 0 saturated heterocycles. The highest BCUT2D eigenvalue weighted by atomic mass is 16.4. The zero-order valence-corrected chi connectivity index (χ0v) is 13.3. The second-order valence-electron chi connectivity index (χ2n) is 6.34. The zero-order valence-electron chi connectivity index (χ0n) is 13.3. The van der Waals surface area contributed by atoms with E-state index in [-0.39, 0.29) is 24.2 Å². The van der Waals surface area contributed by atoms with Crippen molar-refractivity contribution in [3.63, 3.8) is 0 Å². The van der Waals surface area contributed by atoms with Crippen LogP contribution in [0.1, 0.15) is 32.3 Å². The topological polar surface area (TPSA) is 95.5 Å². The second-order valence-corrected chi connectivity index (χ2v) is 6.34. The number of carboxylic acid groups (broad SMARTS) is 1. The van der Waals surface area contributed by atoms with E-state index < -0.39 is 17.9 Å². The number of aliphatic carboxylic acids is 1. The summed E-state index contributed by atoms with van der Waals surface area (Å²) in [4.78, 5) is 35.5. The summed E-state index contributed by atoms with van der Waals surface area (Å²) in [6, 6.07) is 6.76.